The number of nitrogens with zero attached hydrogens (tertiary/aromatic N) is 2. The van der Waals surface area contributed by atoms with Crippen LogP contribution >= 0.6 is 0 Å². The van der Waals surface area contributed by atoms with Crippen LogP contribution in [0.25, 0.3) is 22.7 Å². The van der Waals surface area contributed by atoms with E-state index in [9.17, 15) is 4.79 Å². The van der Waals surface area contributed by atoms with Gasteiger partial charge in [-0.25, -0.2) is 9.78 Å². The number of oxazole rings is 1. The molecule has 0 saturated heterocycles. The van der Waals surface area contributed by atoms with Crippen molar-refractivity contribution in [3.8, 4) is 11.6 Å². The lowest BCUT2D eigenvalue weighted by Gasteiger charge is -2.19. The molecular formula is C18H20N4O3. The first kappa shape index (κ1) is 16.9. The number of anilines is 1. The second-order valence-corrected chi connectivity index (χ2v) is 5.96. The molecule has 130 valence electrons. The van der Waals surface area contributed by atoms with Gasteiger partial charge in [0.05, 0.1) is 0 Å². The largest absolute Gasteiger partial charge is 0.435 e. The minimum Gasteiger partial charge on any atom is -0.435 e. The summed E-state index contributed by atoms with van der Waals surface area (Å²) >= 11 is 0. The number of aromatic nitrogens is 2. The van der Waals surface area contributed by atoms with Crippen LogP contribution in [0.15, 0.2) is 47.0 Å². The van der Waals surface area contributed by atoms with Gasteiger partial charge in [-0.1, -0.05) is 13.0 Å². The molecule has 2 heterocycles. The lowest BCUT2D eigenvalue weighted by molar-refractivity contribution is 0.204. The lowest BCUT2D eigenvalue weighted by atomic mass is 10.1. The van der Waals surface area contributed by atoms with Crippen molar-refractivity contribution in [1.29, 1.82) is 0 Å². The number of pyridine rings is 1. The van der Waals surface area contributed by atoms with Crippen LogP contribution in [0.2, 0.25) is 0 Å². The van der Waals surface area contributed by atoms with Gasteiger partial charge in [-0.2, -0.15) is 0 Å². The normalized spacial score (nSPS) is 13.4. The Labute approximate surface area is 145 Å². The van der Waals surface area contributed by atoms with Crippen molar-refractivity contribution in [2.24, 2.45) is 5.92 Å². The molecule has 2 amide bonds. The molecule has 2 unspecified atom stereocenters. The highest BCUT2D eigenvalue weighted by Crippen LogP contribution is 2.25. The predicted molar refractivity (Wildman–Crippen MR) is 95.1 cm³/mol. The number of benzene rings is 1. The average Bonchev–Trinajstić information content (AvgIpc) is 3.05. The van der Waals surface area contributed by atoms with Gasteiger partial charge in [0.2, 0.25) is 5.89 Å². The number of nitrogens with one attached hydrogen (secondary N) is 2. The number of rotatable bonds is 5. The van der Waals surface area contributed by atoms with Crippen LogP contribution in [0.1, 0.15) is 13.8 Å². The van der Waals surface area contributed by atoms with Crippen molar-refractivity contribution in [3.63, 3.8) is 0 Å². The summed E-state index contributed by atoms with van der Waals surface area (Å²) < 4.78 is 5.73. The van der Waals surface area contributed by atoms with Crippen LogP contribution in [-0.2, 0) is 0 Å². The molecule has 7 nitrogen and oxygen atoms in total. The minimum atomic E-state index is -0.336. The van der Waals surface area contributed by atoms with Gasteiger partial charge in [0.1, 0.15) is 11.2 Å². The van der Waals surface area contributed by atoms with Gasteiger partial charge < -0.3 is 20.2 Å². The Morgan fingerprint density at radius 1 is 1.28 bits per heavy atom. The second kappa shape index (κ2) is 7.31. The van der Waals surface area contributed by atoms with Crippen molar-refractivity contribution >= 4 is 22.8 Å². The van der Waals surface area contributed by atoms with E-state index in [1.54, 1.807) is 24.4 Å². The fraction of sp³-hybridized carbons (Fsp3) is 0.278. The number of aliphatic hydroxyl groups excluding tert-OH is 1. The van der Waals surface area contributed by atoms with E-state index in [1.807, 2.05) is 32.0 Å². The quantitative estimate of drug-likeness (QED) is 0.663. The Balaban J connectivity index is 1.74. The average molecular weight is 340 g/mol. The second-order valence-electron chi connectivity index (χ2n) is 5.96. The van der Waals surface area contributed by atoms with Gasteiger partial charge >= 0.3 is 6.03 Å². The molecule has 0 spiro atoms. The summed E-state index contributed by atoms with van der Waals surface area (Å²) in [5.41, 5.74) is 2.50. The number of amides is 2. The fourth-order valence-electron chi connectivity index (χ4n) is 2.28. The van der Waals surface area contributed by atoms with Crippen molar-refractivity contribution in [2.75, 3.05) is 11.9 Å². The number of carbonyl (C=O) groups is 1. The first-order valence-corrected chi connectivity index (χ1v) is 8.07. The smallest absolute Gasteiger partial charge is 0.319 e. The summed E-state index contributed by atoms with van der Waals surface area (Å²) in [6, 6.07) is 10.3. The molecule has 1 aromatic carbocycles. The molecule has 0 saturated carbocycles. The fourth-order valence-corrected chi connectivity index (χ4v) is 2.28. The zero-order chi connectivity index (χ0) is 17.8. The highest BCUT2D eigenvalue weighted by atomic mass is 16.3. The minimum absolute atomic E-state index is 0.0156. The van der Waals surface area contributed by atoms with Crippen molar-refractivity contribution in [1.82, 2.24) is 15.3 Å². The summed E-state index contributed by atoms with van der Waals surface area (Å²) in [6.45, 7) is 3.73. The van der Waals surface area contributed by atoms with Crippen LogP contribution in [0.3, 0.4) is 0 Å². The summed E-state index contributed by atoms with van der Waals surface area (Å²) in [7, 11) is 0. The maximum atomic E-state index is 12.0. The molecule has 3 N–H and O–H groups in total. The molecule has 2 atom stereocenters. The third-order valence-electron chi connectivity index (χ3n) is 4.03. The number of aliphatic hydroxyl groups is 1. The Kier molecular flexibility index (Phi) is 4.95. The Bertz CT molecular complexity index is 863. The van der Waals surface area contributed by atoms with E-state index < -0.39 is 0 Å². The zero-order valence-electron chi connectivity index (χ0n) is 14.1. The Morgan fingerprint density at radius 3 is 2.84 bits per heavy atom. The predicted octanol–water partition coefficient (Wildman–Crippen LogP) is 3.03. The summed E-state index contributed by atoms with van der Waals surface area (Å²) in [6.07, 6.45) is 1.68. The van der Waals surface area contributed by atoms with Crippen LogP contribution in [-0.4, -0.2) is 33.8 Å². The summed E-state index contributed by atoms with van der Waals surface area (Å²) in [4.78, 5) is 20.7. The summed E-state index contributed by atoms with van der Waals surface area (Å²) in [5.74, 6) is 0.408. The summed E-state index contributed by atoms with van der Waals surface area (Å²) in [5, 5.41) is 14.7. The highest BCUT2D eigenvalue weighted by molar-refractivity contribution is 5.92. The molecule has 0 aliphatic carbocycles. The molecule has 7 heteroatoms. The van der Waals surface area contributed by atoms with E-state index in [2.05, 4.69) is 20.6 Å². The Hall–Kier alpha value is -2.93. The van der Waals surface area contributed by atoms with Crippen LogP contribution < -0.4 is 10.6 Å². The highest BCUT2D eigenvalue weighted by Gasteiger charge is 2.15. The molecule has 0 aliphatic rings. The first-order chi connectivity index (χ1) is 12.1. The van der Waals surface area contributed by atoms with Gasteiger partial charge in [0.15, 0.2) is 5.58 Å². The first-order valence-electron chi connectivity index (χ1n) is 8.07. The van der Waals surface area contributed by atoms with Crippen LogP contribution in [0, 0.1) is 5.92 Å². The molecule has 3 rings (SSSR count). The molecule has 0 fully saturated rings. The van der Waals surface area contributed by atoms with Crippen LogP contribution in [0.4, 0.5) is 10.5 Å². The number of hydrogen-bond donors (Lipinski definition) is 3. The molecular weight excluding hydrogens is 320 g/mol. The van der Waals surface area contributed by atoms with Gasteiger partial charge in [-0.15, -0.1) is 0 Å². The van der Waals surface area contributed by atoms with Gasteiger partial charge in [0, 0.05) is 30.6 Å². The zero-order valence-corrected chi connectivity index (χ0v) is 14.1. The molecule has 2 aromatic heterocycles. The van der Waals surface area contributed by atoms with E-state index in [4.69, 9.17) is 9.52 Å². The third kappa shape index (κ3) is 3.95. The molecule has 0 radical (unpaired) electrons. The molecule has 0 bridgehead atoms. The van der Waals surface area contributed by atoms with E-state index in [-0.39, 0.29) is 24.6 Å². The Morgan fingerprint density at radius 2 is 2.12 bits per heavy atom. The number of carbonyl (C=O) groups excluding carboxylic acids is 1. The lowest BCUT2D eigenvalue weighted by Crippen LogP contribution is -2.40. The van der Waals surface area contributed by atoms with Crippen molar-refractivity contribution < 1.29 is 14.3 Å². The molecule has 25 heavy (non-hydrogen) atoms. The van der Waals surface area contributed by atoms with Crippen molar-refractivity contribution in [2.45, 2.75) is 19.9 Å². The van der Waals surface area contributed by atoms with Crippen molar-refractivity contribution in [3.05, 3.63) is 42.6 Å². The maximum absolute atomic E-state index is 12.0. The monoisotopic (exact) mass is 340 g/mol. The van der Waals surface area contributed by atoms with Gasteiger partial charge in [-0.3, -0.25) is 4.98 Å². The molecule has 3 aromatic rings. The van der Waals surface area contributed by atoms with Gasteiger partial charge in [0.25, 0.3) is 0 Å². The maximum Gasteiger partial charge on any atom is 0.319 e. The van der Waals surface area contributed by atoms with E-state index >= 15 is 0 Å². The SMILES string of the molecule is CC(CO)C(C)NC(=O)Nc1ccc2nc(-c3ccccn3)oc2c1. The van der Waals surface area contributed by atoms with E-state index in [1.165, 1.54) is 0 Å². The standard InChI is InChI=1S/C18H20N4O3/c1-11(10-23)12(2)20-18(24)21-13-6-7-14-16(9-13)25-17(22-14)15-5-3-4-8-19-15/h3-9,11-12,23H,10H2,1-2H3,(H2,20,21,24). The van der Waals surface area contributed by atoms with Gasteiger partial charge in [-0.05, 0) is 37.1 Å². The number of fused-ring (bicyclic) bond motifs is 1. The van der Waals surface area contributed by atoms with E-state index in [0.717, 1.165) is 0 Å². The number of hydrogen-bond acceptors (Lipinski definition) is 5. The van der Waals surface area contributed by atoms with E-state index in [0.29, 0.717) is 28.4 Å². The number of urea groups is 1. The topological polar surface area (TPSA) is 100 Å². The molecule has 0 aliphatic heterocycles. The third-order valence-corrected chi connectivity index (χ3v) is 4.03. The van der Waals surface area contributed by atoms with Crippen LogP contribution in [0.5, 0.6) is 0 Å².